The zero-order valence-corrected chi connectivity index (χ0v) is 44.9. The van der Waals surface area contributed by atoms with Crippen molar-refractivity contribution < 1.29 is 56.1 Å². The largest absolute Gasteiger partial charge is 0.379 e. The van der Waals surface area contributed by atoms with Gasteiger partial charge < -0.3 is 44.5 Å². The van der Waals surface area contributed by atoms with Gasteiger partial charge in [0, 0.05) is 59.7 Å². The van der Waals surface area contributed by atoms with Gasteiger partial charge >= 0.3 is 0 Å². The molecule has 1 aliphatic carbocycles. The Labute approximate surface area is 419 Å². The van der Waals surface area contributed by atoms with Crippen LogP contribution in [-0.2, 0) is 64.1 Å². The van der Waals surface area contributed by atoms with Crippen molar-refractivity contribution in [2.24, 2.45) is 35.3 Å². The number of nitrogens with zero attached hydrogens (tertiary/aromatic N) is 3. The Morgan fingerprint density at radius 3 is 1.97 bits per heavy atom. The fourth-order valence-corrected chi connectivity index (χ4v) is 11.0. The van der Waals surface area contributed by atoms with E-state index >= 15 is 0 Å². The van der Waals surface area contributed by atoms with Crippen LogP contribution in [0.3, 0.4) is 0 Å². The van der Waals surface area contributed by atoms with Crippen molar-refractivity contribution in [2.75, 3.05) is 87.6 Å². The summed E-state index contributed by atoms with van der Waals surface area (Å²) in [6.45, 7) is 17.7. The molecule has 70 heavy (non-hydrogen) atoms. The van der Waals surface area contributed by atoms with Gasteiger partial charge in [-0.05, 0) is 56.0 Å². The van der Waals surface area contributed by atoms with E-state index in [1.54, 1.807) is 55.1 Å². The Morgan fingerprint density at radius 2 is 1.43 bits per heavy atom. The number of Topliss-reactive ketones (excluding diaryl/α,β-unsaturated/α-hetero) is 1. The molecule has 0 aromatic heterocycles. The fourth-order valence-electron chi connectivity index (χ4n) is 9.65. The Bertz CT molecular complexity index is 1870. The molecule has 1 saturated carbocycles. The minimum atomic E-state index is -3.87. The summed E-state index contributed by atoms with van der Waals surface area (Å²) in [4.78, 5) is 76.2. The molecule has 2 aliphatic rings. The van der Waals surface area contributed by atoms with Crippen molar-refractivity contribution in [1.82, 2.24) is 24.7 Å². The van der Waals surface area contributed by atoms with Crippen molar-refractivity contribution in [3.63, 3.8) is 0 Å². The zero-order chi connectivity index (χ0) is 52.1. The summed E-state index contributed by atoms with van der Waals surface area (Å²) in [7, 11) is 2.79. The first-order valence-corrected chi connectivity index (χ1v) is 27.0. The van der Waals surface area contributed by atoms with Crippen LogP contribution in [0, 0.1) is 29.6 Å². The average Bonchev–Trinajstić information content (AvgIpc) is 4.09. The second-order valence-electron chi connectivity index (χ2n) is 19.9. The summed E-state index contributed by atoms with van der Waals surface area (Å²) in [6.07, 6.45) is 1.48. The molecule has 0 radical (unpaired) electrons. The second kappa shape index (κ2) is 30.5. The quantitative estimate of drug-likeness (QED) is 0.0829. The van der Waals surface area contributed by atoms with E-state index in [4.69, 9.17) is 29.4 Å². The van der Waals surface area contributed by atoms with E-state index < -0.39 is 75.3 Å². The van der Waals surface area contributed by atoms with Crippen LogP contribution in [0.15, 0.2) is 30.3 Å². The van der Waals surface area contributed by atoms with Crippen LogP contribution in [0.5, 0.6) is 0 Å². The Kier molecular flexibility index (Phi) is 26.4. The van der Waals surface area contributed by atoms with Gasteiger partial charge in [0.2, 0.25) is 27.7 Å². The average molecular weight is 1010 g/mol. The maximum atomic E-state index is 14.7. The van der Waals surface area contributed by atoms with Gasteiger partial charge in [0.25, 0.3) is 5.91 Å². The number of ketones is 1. The topological polar surface area (TPSA) is 225 Å². The normalized spacial score (nSPS) is 18.8. The van der Waals surface area contributed by atoms with Crippen molar-refractivity contribution >= 4 is 39.4 Å². The number of carbonyl (C=O) groups excluding carboxylic acids is 5. The molecule has 1 aliphatic heterocycles. The highest BCUT2D eigenvalue weighted by Gasteiger charge is 2.44. The lowest BCUT2D eigenvalue weighted by molar-refractivity contribution is -0.149. The number of likely N-dealkylation sites (tertiary alicyclic amines) is 1. The van der Waals surface area contributed by atoms with Gasteiger partial charge in [0.1, 0.15) is 6.04 Å². The van der Waals surface area contributed by atoms with Crippen molar-refractivity contribution in [3.05, 3.63) is 35.9 Å². The van der Waals surface area contributed by atoms with Gasteiger partial charge in [-0.3, -0.25) is 33.6 Å². The van der Waals surface area contributed by atoms with Gasteiger partial charge in [0.05, 0.1) is 87.6 Å². The highest BCUT2D eigenvalue weighted by atomic mass is 32.2. The number of hydrogen-bond donors (Lipinski definition) is 3. The predicted molar refractivity (Wildman–Crippen MR) is 269 cm³/mol. The maximum absolute atomic E-state index is 14.7. The number of amides is 4. The van der Waals surface area contributed by atoms with Crippen LogP contribution in [0.1, 0.15) is 99.0 Å². The van der Waals surface area contributed by atoms with Crippen molar-refractivity contribution in [2.45, 2.75) is 141 Å². The standard InChI is InChI=1S/C51H88N6O12S/c1-12-36(6)47(56(9)51(62)40(34(2)3)32-43(58)46(35(4)5)55(8)24-26-68-28-30-69-29-27-67-25-22-52)44(65-10)33-45(59)57-23-16-19-42(57)48(66-11)37(7)49(60)53-41(31-38-17-14-13-15-18-38)50(61)54-70(63,64)39-20-21-39/h13-15,17-18,34-37,39-42,44,46-48H,12,16,19-33,52H2,1-11H3,(H,53,60)(H,54,61)/t36-,37+,40-,41-,42-,44+,46-,47-,48+/m0/s1. The number of rotatable bonds is 35. The number of nitrogens with one attached hydrogen (secondary N) is 2. The predicted octanol–water partition coefficient (Wildman–Crippen LogP) is 3.44. The van der Waals surface area contributed by atoms with Crippen molar-refractivity contribution in [3.8, 4) is 0 Å². The van der Waals surface area contributed by atoms with Crippen LogP contribution < -0.4 is 15.8 Å². The van der Waals surface area contributed by atoms with E-state index in [1.165, 1.54) is 7.11 Å². The molecule has 0 unspecified atom stereocenters. The number of nitrogens with two attached hydrogens (primary N) is 1. The van der Waals surface area contributed by atoms with E-state index in [-0.39, 0.29) is 54.6 Å². The first kappa shape index (κ1) is 60.7. The van der Waals surface area contributed by atoms with Gasteiger partial charge in [-0.1, -0.05) is 85.2 Å². The summed E-state index contributed by atoms with van der Waals surface area (Å²) in [6, 6.07) is 6.41. The molecule has 0 bridgehead atoms. The molecule has 2 fully saturated rings. The van der Waals surface area contributed by atoms with E-state index in [0.29, 0.717) is 91.4 Å². The number of carbonyl (C=O) groups is 5. The molecular formula is C51H88N6O12S. The number of hydrogen-bond acceptors (Lipinski definition) is 14. The molecule has 1 saturated heterocycles. The molecular weight excluding hydrogens is 921 g/mol. The van der Waals surface area contributed by atoms with Gasteiger partial charge in [-0.25, -0.2) is 8.42 Å². The molecule has 18 nitrogen and oxygen atoms in total. The first-order chi connectivity index (χ1) is 33.2. The zero-order valence-electron chi connectivity index (χ0n) is 44.1. The van der Waals surface area contributed by atoms with Gasteiger partial charge in [0.15, 0.2) is 5.78 Å². The molecule has 9 atom stereocenters. The second-order valence-corrected chi connectivity index (χ2v) is 21.8. The number of methoxy groups -OCH3 is 2. The minimum Gasteiger partial charge on any atom is -0.379 e. The van der Waals surface area contributed by atoms with Crippen LogP contribution >= 0.6 is 0 Å². The lowest BCUT2D eigenvalue weighted by atomic mass is 9.83. The molecule has 1 aromatic carbocycles. The van der Waals surface area contributed by atoms with Crippen LogP contribution in [0.25, 0.3) is 0 Å². The number of ether oxygens (including phenoxy) is 5. The molecule has 3 rings (SSSR count). The molecule has 4 amide bonds. The minimum absolute atomic E-state index is 0.0166. The molecule has 1 heterocycles. The number of benzene rings is 1. The number of sulfonamides is 1. The first-order valence-electron chi connectivity index (χ1n) is 25.4. The van der Waals surface area contributed by atoms with E-state index in [1.807, 2.05) is 59.6 Å². The third-order valence-electron chi connectivity index (χ3n) is 14.0. The van der Waals surface area contributed by atoms with E-state index in [9.17, 15) is 32.4 Å². The summed E-state index contributed by atoms with van der Waals surface area (Å²) in [5, 5.41) is 2.18. The Morgan fingerprint density at radius 1 is 0.814 bits per heavy atom. The summed E-state index contributed by atoms with van der Waals surface area (Å²) < 4.78 is 56.4. The third-order valence-corrected chi connectivity index (χ3v) is 15.8. The molecule has 19 heteroatoms. The Hall–Kier alpha value is -3.56. The summed E-state index contributed by atoms with van der Waals surface area (Å²) in [5.74, 6) is -3.47. The van der Waals surface area contributed by atoms with Gasteiger partial charge in [-0.2, -0.15) is 0 Å². The van der Waals surface area contributed by atoms with Crippen LogP contribution in [-0.4, -0.2) is 182 Å². The number of likely N-dealkylation sites (N-methyl/N-ethyl adjacent to an activating group) is 2. The van der Waals surface area contributed by atoms with Crippen LogP contribution in [0.2, 0.25) is 0 Å². The van der Waals surface area contributed by atoms with Crippen LogP contribution in [0.4, 0.5) is 0 Å². The monoisotopic (exact) mass is 1010 g/mol. The third kappa shape index (κ3) is 18.5. The van der Waals surface area contributed by atoms with E-state index in [0.717, 1.165) is 5.56 Å². The lowest BCUT2D eigenvalue weighted by Crippen LogP contribution is -2.55. The molecule has 0 spiro atoms. The fraction of sp³-hybridized carbons (Fsp3) is 0.784. The smallest absolute Gasteiger partial charge is 0.256 e. The van der Waals surface area contributed by atoms with Gasteiger partial charge in [-0.15, -0.1) is 0 Å². The summed E-state index contributed by atoms with van der Waals surface area (Å²) >= 11 is 0. The highest BCUT2D eigenvalue weighted by molar-refractivity contribution is 7.90. The lowest BCUT2D eigenvalue weighted by Gasteiger charge is -2.41. The molecule has 400 valence electrons. The SMILES string of the molecule is CC[C@H](C)[C@@H]([C@@H](CC(=O)N1CCC[C@H]1[C@H](OC)[C@@H](C)C(=O)N[C@@H](Cc1ccccc1)C(=O)NS(=O)(=O)C1CC1)OC)N(C)C(=O)[C@@H](CC(=O)[C@H](C(C)C)N(C)CCOCCOCCOCCN)C(C)C. The van der Waals surface area contributed by atoms with E-state index in [2.05, 4.69) is 10.0 Å². The maximum Gasteiger partial charge on any atom is 0.256 e. The van der Waals surface area contributed by atoms with Crippen molar-refractivity contribution in [1.29, 1.82) is 0 Å². The highest BCUT2D eigenvalue weighted by Crippen LogP contribution is 2.32. The Balaban J connectivity index is 1.72. The molecule has 1 aromatic rings. The summed E-state index contributed by atoms with van der Waals surface area (Å²) in [5.41, 5.74) is 6.17. The molecule has 4 N–H and O–H groups in total.